The van der Waals surface area contributed by atoms with Crippen LogP contribution in [0.5, 0.6) is 0 Å². The number of carbonyl (C=O) groups is 2. The minimum atomic E-state index is -0.297. The summed E-state index contributed by atoms with van der Waals surface area (Å²) in [6, 6.07) is 10.1. The Morgan fingerprint density at radius 1 is 1.07 bits per heavy atom. The standard InChI is InChI=1S/C22H28FN3O2S/c1-18(27)25(13-12-24-10-2-3-11-24)17-22(28)26(16-21-5-4-14-29-21)15-19-6-8-20(23)9-7-19/h4-9,14H,2-3,10-13,15-17H2,1H3. The summed E-state index contributed by atoms with van der Waals surface area (Å²) >= 11 is 1.59. The molecule has 0 spiro atoms. The van der Waals surface area contributed by atoms with Gasteiger partial charge in [-0.1, -0.05) is 18.2 Å². The van der Waals surface area contributed by atoms with E-state index in [-0.39, 0.29) is 24.2 Å². The maximum atomic E-state index is 13.2. The molecule has 2 aromatic rings. The van der Waals surface area contributed by atoms with E-state index in [4.69, 9.17) is 0 Å². The fourth-order valence-electron chi connectivity index (χ4n) is 3.51. The van der Waals surface area contributed by atoms with E-state index in [1.807, 2.05) is 17.5 Å². The van der Waals surface area contributed by atoms with E-state index >= 15 is 0 Å². The van der Waals surface area contributed by atoms with Crippen molar-refractivity contribution in [2.75, 3.05) is 32.7 Å². The van der Waals surface area contributed by atoms with Gasteiger partial charge < -0.3 is 14.7 Å². The highest BCUT2D eigenvalue weighted by Gasteiger charge is 2.21. The van der Waals surface area contributed by atoms with Gasteiger partial charge in [-0.25, -0.2) is 4.39 Å². The zero-order chi connectivity index (χ0) is 20.6. The van der Waals surface area contributed by atoms with Gasteiger partial charge in [0.15, 0.2) is 0 Å². The van der Waals surface area contributed by atoms with Crippen LogP contribution in [0.3, 0.4) is 0 Å². The maximum absolute atomic E-state index is 13.2. The Bertz CT molecular complexity index is 789. The number of thiophene rings is 1. The molecule has 0 N–H and O–H groups in total. The van der Waals surface area contributed by atoms with E-state index in [1.54, 1.807) is 33.3 Å². The molecular weight excluding hydrogens is 389 g/mol. The van der Waals surface area contributed by atoms with Crippen molar-refractivity contribution in [2.24, 2.45) is 0 Å². The first-order chi connectivity index (χ1) is 14.0. The third kappa shape index (κ3) is 6.65. The first-order valence-corrected chi connectivity index (χ1v) is 10.9. The second kappa shape index (κ2) is 10.5. The van der Waals surface area contributed by atoms with Crippen LogP contribution >= 0.6 is 11.3 Å². The molecule has 0 unspecified atom stereocenters. The van der Waals surface area contributed by atoms with E-state index in [0.29, 0.717) is 19.6 Å². The number of halogens is 1. The number of likely N-dealkylation sites (tertiary alicyclic amines) is 1. The van der Waals surface area contributed by atoms with Crippen LogP contribution in [0.15, 0.2) is 41.8 Å². The minimum Gasteiger partial charge on any atom is -0.332 e. The van der Waals surface area contributed by atoms with E-state index in [0.717, 1.165) is 30.1 Å². The molecule has 1 aliphatic rings. The lowest BCUT2D eigenvalue weighted by Gasteiger charge is -2.28. The molecule has 0 saturated carbocycles. The number of carbonyl (C=O) groups excluding carboxylic acids is 2. The maximum Gasteiger partial charge on any atom is 0.242 e. The Morgan fingerprint density at radius 2 is 1.79 bits per heavy atom. The topological polar surface area (TPSA) is 43.9 Å². The SMILES string of the molecule is CC(=O)N(CCN1CCCC1)CC(=O)N(Cc1ccc(F)cc1)Cc1cccs1. The smallest absolute Gasteiger partial charge is 0.242 e. The molecular formula is C22H28FN3O2S. The highest BCUT2D eigenvalue weighted by Crippen LogP contribution is 2.16. The molecule has 5 nitrogen and oxygen atoms in total. The van der Waals surface area contributed by atoms with Gasteiger partial charge in [0, 0.05) is 31.4 Å². The van der Waals surface area contributed by atoms with E-state index in [9.17, 15) is 14.0 Å². The third-order valence-corrected chi connectivity index (χ3v) is 6.08. The molecule has 0 atom stereocenters. The van der Waals surface area contributed by atoms with Gasteiger partial charge in [0.1, 0.15) is 5.82 Å². The van der Waals surface area contributed by atoms with Crippen LogP contribution in [0.2, 0.25) is 0 Å². The molecule has 0 bridgehead atoms. The summed E-state index contributed by atoms with van der Waals surface area (Å²) < 4.78 is 13.2. The van der Waals surface area contributed by atoms with Gasteiger partial charge in [0.2, 0.25) is 11.8 Å². The average Bonchev–Trinajstić information content (AvgIpc) is 3.40. The van der Waals surface area contributed by atoms with Crippen molar-refractivity contribution in [1.29, 1.82) is 0 Å². The van der Waals surface area contributed by atoms with Gasteiger partial charge in [0.05, 0.1) is 13.1 Å². The first-order valence-electron chi connectivity index (χ1n) is 10.0. The summed E-state index contributed by atoms with van der Waals surface area (Å²) in [5.41, 5.74) is 0.864. The predicted molar refractivity (Wildman–Crippen MR) is 113 cm³/mol. The average molecular weight is 418 g/mol. The molecule has 1 aliphatic heterocycles. The molecule has 2 heterocycles. The largest absolute Gasteiger partial charge is 0.332 e. The Morgan fingerprint density at radius 3 is 2.41 bits per heavy atom. The Kier molecular flexibility index (Phi) is 7.77. The van der Waals surface area contributed by atoms with Gasteiger partial charge in [-0.2, -0.15) is 0 Å². The summed E-state index contributed by atoms with van der Waals surface area (Å²) in [7, 11) is 0. The lowest BCUT2D eigenvalue weighted by molar-refractivity contribution is -0.140. The Hall–Kier alpha value is -2.25. The van der Waals surface area contributed by atoms with Gasteiger partial charge in [-0.15, -0.1) is 11.3 Å². The second-order valence-corrected chi connectivity index (χ2v) is 8.48. The van der Waals surface area contributed by atoms with E-state index < -0.39 is 0 Å². The zero-order valence-electron chi connectivity index (χ0n) is 16.8. The highest BCUT2D eigenvalue weighted by atomic mass is 32.1. The summed E-state index contributed by atoms with van der Waals surface area (Å²) in [5.74, 6) is -0.482. The minimum absolute atomic E-state index is 0.0652. The van der Waals surface area contributed by atoms with Crippen LogP contribution in [-0.2, 0) is 22.7 Å². The fourth-order valence-corrected chi connectivity index (χ4v) is 4.23. The molecule has 1 aromatic carbocycles. The number of amides is 2. The van der Waals surface area contributed by atoms with Crippen LogP contribution < -0.4 is 0 Å². The fraction of sp³-hybridized carbons (Fsp3) is 0.455. The quantitative estimate of drug-likeness (QED) is 0.628. The van der Waals surface area contributed by atoms with Crippen LogP contribution in [0.1, 0.15) is 30.2 Å². The van der Waals surface area contributed by atoms with Crippen molar-refractivity contribution < 1.29 is 14.0 Å². The van der Waals surface area contributed by atoms with Crippen LogP contribution in [-0.4, -0.2) is 59.2 Å². The summed E-state index contributed by atoms with van der Waals surface area (Å²) in [5, 5.41) is 1.98. The molecule has 1 fully saturated rings. The van der Waals surface area contributed by atoms with Crippen molar-refractivity contribution >= 4 is 23.2 Å². The summed E-state index contributed by atoms with van der Waals surface area (Å²) in [4.78, 5) is 32.0. The Balaban J connectivity index is 1.65. The molecule has 7 heteroatoms. The van der Waals surface area contributed by atoms with Gasteiger partial charge in [-0.05, 0) is 55.1 Å². The van der Waals surface area contributed by atoms with Gasteiger partial charge in [0.25, 0.3) is 0 Å². The van der Waals surface area contributed by atoms with E-state index in [1.165, 1.54) is 31.9 Å². The lowest BCUT2D eigenvalue weighted by Crippen LogP contribution is -2.44. The number of rotatable bonds is 9. The van der Waals surface area contributed by atoms with Gasteiger partial charge in [-0.3, -0.25) is 9.59 Å². The highest BCUT2D eigenvalue weighted by molar-refractivity contribution is 7.09. The normalized spacial score (nSPS) is 14.1. The van der Waals surface area contributed by atoms with Gasteiger partial charge >= 0.3 is 0 Å². The summed E-state index contributed by atoms with van der Waals surface area (Å²) in [6.07, 6.45) is 2.40. The van der Waals surface area contributed by atoms with Crippen LogP contribution in [0.25, 0.3) is 0 Å². The molecule has 1 aromatic heterocycles. The van der Waals surface area contributed by atoms with Crippen molar-refractivity contribution in [2.45, 2.75) is 32.9 Å². The third-order valence-electron chi connectivity index (χ3n) is 5.22. The number of hydrogen-bond acceptors (Lipinski definition) is 4. The second-order valence-electron chi connectivity index (χ2n) is 7.44. The molecule has 3 rings (SSSR count). The molecule has 156 valence electrons. The molecule has 1 saturated heterocycles. The summed E-state index contributed by atoms with van der Waals surface area (Å²) in [6.45, 7) is 5.93. The number of nitrogens with zero attached hydrogens (tertiary/aromatic N) is 3. The predicted octanol–water partition coefficient (Wildman–Crippen LogP) is 3.36. The van der Waals surface area contributed by atoms with Crippen molar-refractivity contribution in [3.63, 3.8) is 0 Å². The first kappa shape index (κ1) is 21.5. The Labute approximate surface area is 175 Å². The number of hydrogen-bond donors (Lipinski definition) is 0. The zero-order valence-corrected chi connectivity index (χ0v) is 17.7. The van der Waals surface area contributed by atoms with Crippen LogP contribution in [0.4, 0.5) is 4.39 Å². The molecule has 0 aliphatic carbocycles. The monoisotopic (exact) mass is 417 g/mol. The van der Waals surface area contributed by atoms with E-state index in [2.05, 4.69) is 4.90 Å². The van der Waals surface area contributed by atoms with Crippen LogP contribution in [0, 0.1) is 5.82 Å². The van der Waals surface area contributed by atoms with Crippen molar-refractivity contribution in [1.82, 2.24) is 14.7 Å². The van der Waals surface area contributed by atoms with Crippen molar-refractivity contribution in [3.05, 3.63) is 58.0 Å². The molecule has 29 heavy (non-hydrogen) atoms. The van der Waals surface area contributed by atoms with Crippen molar-refractivity contribution in [3.8, 4) is 0 Å². The number of benzene rings is 1. The molecule has 2 amide bonds. The lowest BCUT2D eigenvalue weighted by atomic mass is 10.2. The molecule has 0 radical (unpaired) electrons.